The molecule has 1 atom stereocenters. The Hall–Kier alpha value is -2.02. The lowest BCUT2D eigenvalue weighted by atomic mass is 10.2. The van der Waals surface area contributed by atoms with Crippen LogP contribution >= 0.6 is 0 Å². The minimum Gasteiger partial charge on any atom is -0.467 e. The maximum absolute atomic E-state index is 12.1. The van der Waals surface area contributed by atoms with Crippen LogP contribution < -0.4 is 5.32 Å². The minimum absolute atomic E-state index is 0.0513. The Morgan fingerprint density at radius 1 is 1.29 bits per heavy atom. The van der Waals surface area contributed by atoms with Crippen molar-refractivity contribution in [1.29, 1.82) is 0 Å². The first kappa shape index (κ1) is 18.3. The van der Waals surface area contributed by atoms with E-state index in [1.165, 1.54) is 0 Å². The number of hydrogen-bond donors (Lipinski definition) is 1. The Morgan fingerprint density at radius 2 is 1.96 bits per heavy atom. The van der Waals surface area contributed by atoms with E-state index >= 15 is 0 Å². The summed E-state index contributed by atoms with van der Waals surface area (Å²) in [5.74, 6) is 0.683. The lowest BCUT2D eigenvalue weighted by Crippen LogP contribution is -2.52. The van der Waals surface area contributed by atoms with Crippen molar-refractivity contribution in [2.24, 2.45) is 0 Å². The summed E-state index contributed by atoms with van der Waals surface area (Å²) < 4.78 is 10.6. The molecule has 2 heterocycles. The first-order chi connectivity index (χ1) is 11.2. The summed E-state index contributed by atoms with van der Waals surface area (Å²) >= 11 is 0. The Bertz CT molecular complexity index is 543. The van der Waals surface area contributed by atoms with E-state index in [-0.39, 0.29) is 18.0 Å². The van der Waals surface area contributed by atoms with Crippen LogP contribution in [0.4, 0.5) is 4.79 Å². The first-order valence-corrected chi connectivity index (χ1v) is 8.27. The normalized spacial score (nSPS) is 17.4. The molecule has 1 fully saturated rings. The quantitative estimate of drug-likeness (QED) is 0.910. The zero-order valence-electron chi connectivity index (χ0n) is 14.9. The highest BCUT2D eigenvalue weighted by atomic mass is 16.6. The van der Waals surface area contributed by atoms with E-state index in [0.29, 0.717) is 32.7 Å². The zero-order valence-corrected chi connectivity index (χ0v) is 14.9. The number of nitrogens with one attached hydrogen (secondary N) is 1. The fraction of sp³-hybridized carbons (Fsp3) is 0.647. The molecule has 0 aromatic carbocycles. The molecular weight excluding hydrogens is 310 g/mol. The smallest absolute Gasteiger partial charge is 0.410 e. The molecule has 2 rings (SSSR count). The van der Waals surface area contributed by atoms with E-state index < -0.39 is 5.60 Å². The highest BCUT2D eigenvalue weighted by molar-refractivity contribution is 5.78. The van der Waals surface area contributed by atoms with Gasteiger partial charge in [0.15, 0.2) is 0 Å². The van der Waals surface area contributed by atoms with Gasteiger partial charge in [-0.1, -0.05) is 0 Å². The molecule has 0 aliphatic carbocycles. The van der Waals surface area contributed by atoms with Crippen molar-refractivity contribution in [2.75, 3.05) is 32.7 Å². The van der Waals surface area contributed by atoms with Gasteiger partial charge in [-0.2, -0.15) is 0 Å². The van der Waals surface area contributed by atoms with Crippen molar-refractivity contribution in [3.8, 4) is 0 Å². The number of nitrogens with zero attached hydrogens (tertiary/aromatic N) is 2. The van der Waals surface area contributed by atoms with Crippen molar-refractivity contribution >= 4 is 12.0 Å². The number of ether oxygens (including phenoxy) is 1. The van der Waals surface area contributed by atoms with Gasteiger partial charge in [0.1, 0.15) is 11.4 Å². The molecule has 134 valence electrons. The van der Waals surface area contributed by atoms with Gasteiger partial charge in [0.05, 0.1) is 18.8 Å². The van der Waals surface area contributed by atoms with E-state index in [9.17, 15) is 9.59 Å². The molecule has 7 heteroatoms. The molecule has 2 amide bonds. The van der Waals surface area contributed by atoms with E-state index in [2.05, 4.69) is 5.32 Å². The fourth-order valence-corrected chi connectivity index (χ4v) is 2.51. The summed E-state index contributed by atoms with van der Waals surface area (Å²) in [6.07, 6.45) is 1.30. The van der Waals surface area contributed by atoms with Crippen molar-refractivity contribution < 1.29 is 18.7 Å². The molecule has 0 unspecified atom stereocenters. The van der Waals surface area contributed by atoms with Gasteiger partial charge < -0.3 is 19.4 Å². The highest BCUT2D eigenvalue weighted by Crippen LogP contribution is 2.13. The third-order valence-corrected chi connectivity index (χ3v) is 3.74. The van der Waals surface area contributed by atoms with Gasteiger partial charge in [-0.15, -0.1) is 0 Å². The summed E-state index contributed by atoms with van der Waals surface area (Å²) in [4.78, 5) is 27.9. The summed E-state index contributed by atoms with van der Waals surface area (Å²) in [5.41, 5.74) is -0.490. The van der Waals surface area contributed by atoms with Crippen LogP contribution in [-0.4, -0.2) is 60.1 Å². The third kappa shape index (κ3) is 5.56. The molecule has 1 aromatic rings. The Labute approximate surface area is 142 Å². The summed E-state index contributed by atoms with van der Waals surface area (Å²) in [6, 6.07) is 3.48. The summed E-state index contributed by atoms with van der Waals surface area (Å²) in [5, 5.41) is 2.92. The molecular formula is C17H27N3O4. The number of piperazine rings is 1. The number of hydrogen-bond acceptors (Lipinski definition) is 5. The molecule has 1 N–H and O–H groups in total. The minimum atomic E-state index is -0.490. The second kappa shape index (κ2) is 7.70. The van der Waals surface area contributed by atoms with Gasteiger partial charge in [0.25, 0.3) is 0 Å². The van der Waals surface area contributed by atoms with Crippen LogP contribution in [-0.2, 0) is 9.53 Å². The van der Waals surface area contributed by atoms with E-state index in [4.69, 9.17) is 9.15 Å². The molecule has 1 aromatic heterocycles. The molecule has 24 heavy (non-hydrogen) atoms. The fourth-order valence-electron chi connectivity index (χ4n) is 2.51. The molecule has 1 saturated heterocycles. The van der Waals surface area contributed by atoms with Crippen LogP contribution in [0.3, 0.4) is 0 Å². The maximum Gasteiger partial charge on any atom is 0.410 e. The summed E-state index contributed by atoms with van der Waals surface area (Å²) in [7, 11) is 0. The second-order valence-corrected chi connectivity index (χ2v) is 7.05. The van der Waals surface area contributed by atoms with Crippen LogP contribution in [0.1, 0.15) is 39.5 Å². The number of amides is 2. The van der Waals surface area contributed by atoms with Crippen molar-refractivity contribution in [3.63, 3.8) is 0 Å². The Morgan fingerprint density at radius 3 is 2.50 bits per heavy atom. The standard InChI is InChI=1S/C17H27N3O4/c1-13(14-6-5-11-23-14)18-15(21)12-19-7-9-20(10-8-19)16(22)24-17(2,3)4/h5-6,11,13H,7-10,12H2,1-4H3,(H,18,21)/t13-/m1/s1. The van der Waals surface area contributed by atoms with E-state index in [1.807, 2.05) is 38.7 Å². The van der Waals surface area contributed by atoms with Crippen LogP contribution in [0.5, 0.6) is 0 Å². The molecule has 0 saturated carbocycles. The van der Waals surface area contributed by atoms with Crippen molar-refractivity contribution in [3.05, 3.63) is 24.2 Å². The molecule has 1 aliphatic heterocycles. The van der Waals surface area contributed by atoms with Gasteiger partial charge in [-0.25, -0.2) is 4.79 Å². The molecule has 0 bridgehead atoms. The largest absolute Gasteiger partial charge is 0.467 e. The molecule has 7 nitrogen and oxygen atoms in total. The Kier molecular flexibility index (Phi) is 5.88. The molecule has 1 aliphatic rings. The predicted octanol–water partition coefficient (Wildman–Crippen LogP) is 2.01. The lowest BCUT2D eigenvalue weighted by Gasteiger charge is -2.35. The van der Waals surface area contributed by atoms with E-state index in [1.54, 1.807) is 17.2 Å². The third-order valence-electron chi connectivity index (χ3n) is 3.74. The van der Waals surface area contributed by atoms with Gasteiger partial charge in [0, 0.05) is 26.2 Å². The van der Waals surface area contributed by atoms with Crippen molar-refractivity contribution in [1.82, 2.24) is 15.1 Å². The number of carbonyl (C=O) groups is 2. The second-order valence-electron chi connectivity index (χ2n) is 7.05. The first-order valence-electron chi connectivity index (χ1n) is 8.27. The van der Waals surface area contributed by atoms with Crippen molar-refractivity contribution in [2.45, 2.75) is 39.3 Å². The molecule has 0 radical (unpaired) electrons. The average molecular weight is 337 g/mol. The highest BCUT2D eigenvalue weighted by Gasteiger charge is 2.26. The van der Waals surface area contributed by atoms with E-state index in [0.717, 1.165) is 5.76 Å². The van der Waals surface area contributed by atoms with Gasteiger partial charge in [0.2, 0.25) is 5.91 Å². The summed E-state index contributed by atoms with van der Waals surface area (Å²) in [6.45, 7) is 10.2. The van der Waals surface area contributed by atoms with Gasteiger partial charge >= 0.3 is 6.09 Å². The maximum atomic E-state index is 12.1. The van der Waals surface area contributed by atoms with Crippen LogP contribution in [0, 0.1) is 0 Å². The Balaban J connectivity index is 1.72. The molecule has 0 spiro atoms. The lowest BCUT2D eigenvalue weighted by molar-refractivity contribution is -0.123. The van der Waals surface area contributed by atoms with Crippen LogP contribution in [0.15, 0.2) is 22.8 Å². The topological polar surface area (TPSA) is 75.0 Å². The van der Waals surface area contributed by atoms with Crippen LogP contribution in [0.2, 0.25) is 0 Å². The predicted molar refractivity (Wildman–Crippen MR) is 89.5 cm³/mol. The number of furan rings is 1. The average Bonchev–Trinajstić information content (AvgIpc) is 3.00. The zero-order chi connectivity index (χ0) is 17.7. The van der Waals surface area contributed by atoms with Gasteiger partial charge in [-0.3, -0.25) is 9.69 Å². The monoisotopic (exact) mass is 337 g/mol. The number of carbonyl (C=O) groups excluding carboxylic acids is 2. The number of rotatable bonds is 4. The SMILES string of the molecule is C[C@@H](NC(=O)CN1CCN(C(=O)OC(C)(C)C)CC1)c1ccco1. The van der Waals surface area contributed by atoms with Crippen LogP contribution in [0.25, 0.3) is 0 Å². The van der Waals surface area contributed by atoms with Gasteiger partial charge in [-0.05, 0) is 39.8 Å².